The molecule has 0 aliphatic rings. The molecule has 128 valence electrons. The lowest BCUT2D eigenvalue weighted by Gasteiger charge is -2.11. The number of aromatic nitrogens is 2. The fraction of sp³-hybridized carbons (Fsp3) is 0.200. The summed E-state index contributed by atoms with van der Waals surface area (Å²) in [6.45, 7) is 4.72. The van der Waals surface area contributed by atoms with Gasteiger partial charge in [-0.15, -0.1) is 0 Å². The van der Waals surface area contributed by atoms with Crippen molar-refractivity contribution in [1.29, 1.82) is 0 Å². The second-order valence-electron chi connectivity index (χ2n) is 5.97. The molecule has 1 heterocycles. The molecule has 0 saturated carbocycles. The number of rotatable bonds is 6. The lowest BCUT2D eigenvalue weighted by Crippen LogP contribution is -2.09. The Hall–Kier alpha value is -2.59. The third-order valence-corrected chi connectivity index (χ3v) is 4.25. The smallest absolute Gasteiger partial charge is 0.224 e. The zero-order chi connectivity index (χ0) is 17.6. The van der Waals surface area contributed by atoms with Crippen molar-refractivity contribution in [2.24, 2.45) is 0 Å². The van der Waals surface area contributed by atoms with Gasteiger partial charge in [0.2, 0.25) is 5.95 Å². The van der Waals surface area contributed by atoms with Crippen molar-refractivity contribution < 1.29 is 0 Å². The van der Waals surface area contributed by atoms with Gasteiger partial charge in [-0.2, -0.15) is 4.98 Å². The van der Waals surface area contributed by atoms with E-state index in [1.807, 2.05) is 56.3 Å². The molecule has 25 heavy (non-hydrogen) atoms. The van der Waals surface area contributed by atoms with Gasteiger partial charge in [-0.1, -0.05) is 48.0 Å². The average molecular weight is 353 g/mol. The van der Waals surface area contributed by atoms with Gasteiger partial charge in [-0.25, -0.2) is 4.98 Å². The van der Waals surface area contributed by atoms with Crippen molar-refractivity contribution >= 4 is 29.1 Å². The summed E-state index contributed by atoms with van der Waals surface area (Å²) in [5, 5.41) is 7.31. The largest absolute Gasteiger partial charge is 0.354 e. The van der Waals surface area contributed by atoms with Crippen LogP contribution in [0.3, 0.4) is 0 Å². The second-order valence-corrected chi connectivity index (χ2v) is 6.38. The fourth-order valence-electron chi connectivity index (χ4n) is 2.49. The van der Waals surface area contributed by atoms with Crippen LogP contribution in [-0.4, -0.2) is 16.5 Å². The first-order valence-corrected chi connectivity index (χ1v) is 8.64. The van der Waals surface area contributed by atoms with Crippen LogP contribution in [0.25, 0.3) is 0 Å². The van der Waals surface area contributed by atoms with Gasteiger partial charge in [-0.3, -0.25) is 0 Å². The SMILES string of the molecule is Cc1cc(Nc2ccc(C)c(Cl)c2)nc(NCCc2ccccc2)n1. The van der Waals surface area contributed by atoms with Crippen LogP contribution in [-0.2, 0) is 6.42 Å². The third-order valence-electron chi connectivity index (χ3n) is 3.84. The van der Waals surface area contributed by atoms with Crippen LogP contribution in [0, 0.1) is 13.8 Å². The minimum Gasteiger partial charge on any atom is -0.354 e. The molecule has 4 nitrogen and oxygen atoms in total. The summed E-state index contributed by atoms with van der Waals surface area (Å²) in [6.07, 6.45) is 0.925. The normalized spacial score (nSPS) is 10.5. The summed E-state index contributed by atoms with van der Waals surface area (Å²) in [4.78, 5) is 8.99. The number of hydrogen-bond acceptors (Lipinski definition) is 4. The van der Waals surface area contributed by atoms with Crippen molar-refractivity contribution in [3.63, 3.8) is 0 Å². The molecule has 2 N–H and O–H groups in total. The van der Waals surface area contributed by atoms with Gasteiger partial charge >= 0.3 is 0 Å². The monoisotopic (exact) mass is 352 g/mol. The van der Waals surface area contributed by atoms with Crippen LogP contribution in [0.1, 0.15) is 16.8 Å². The summed E-state index contributed by atoms with van der Waals surface area (Å²) >= 11 is 6.18. The number of anilines is 3. The molecule has 0 aliphatic heterocycles. The topological polar surface area (TPSA) is 49.8 Å². The van der Waals surface area contributed by atoms with Gasteiger partial charge in [0.15, 0.2) is 0 Å². The van der Waals surface area contributed by atoms with Crippen molar-refractivity contribution in [2.75, 3.05) is 17.2 Å². The Kier molecular flexibility index (Phi) is 5.51. The molecule has 0 atom stereocenters. The van der Waals surface area contributed by atoms with Gasteiger partial charge in [0.25, 0.3) is 0 Å². The summed E-state index contributed by atoms with van der Waals surface area (Å²) in [7, 11) is 0. The van der Waals surface area contributed by atoms with Crippen molar-refractivity contribution in [2.45, 2.75) is 20.3 Å². The van der Waals surface area contributed by atoms with Gasteiger partial charge in [0, 0.05) is 29.0 Å². The van der Waals surface area contributed by atoms with E-state index >= 15 is 0 Å². The van der Waals surface area contributed by atoms with Crippen molar-refractivity contribution in [3.8, 4) is 0 Å². The van der Waals surface area contributed by atoms with E-state index in [-0.39, 0.29) is 0 Å². The molecule has 0 unspecified atom stereocenters. The first-order valence-electron chi connectivity index (χ1n) is 8.27. The summed E-state index contributed by atoms with van der Waals surface area (Å²) in [5.41, 5.74) is 4.14. The number of nitrogens with zero attached hydrogens (tertiary/aromatic N) is 2. The molecule has 0 fully saturated rings. The van der Waals surface area contributed by atoms with Gasteiger partial charge in [0.1, 0.15) is 5.82 Å². The van der Waals surface area contributed by atoms with Gasteiger partial charge < -0.3 is 10.6 Å². The number of benzene rings is 2. The highest BCUT2D eigenvalue weighted by Gasteiger charge is 2.04. The summed E-state index contributed by atoms with van der Waals surface area (Å²) in [5.74, 6) is 1.37. The van der Waals surface area contributed by atoms with E-state index in [2.05, 4.69) is 32.7 Å². The molecular weight excluding hydrogens is 332 g/mol. The Morgan fingerprint density at radius 2 is 1.76 bits per heavy atom. The molecule has 0 aliphatic carbocycles. The third kappa shape index (κ3) is 4.94. The van der Waals surface area contributed by atoms with Gasteiger partial charge in [-0.05, 0) is 43.5 Å². The molecule has 0 amide bonds. The van der Waals surface area contributed by atoms with E-state index in [0.29, 0.717) is 5.95 Å². The number of nitrogens with one attached hydrogen (secondary N) is 2. The van der Waals surface area contributed by atoms with Crippen LogP contribution in [0.4, 0.5) is 17.5 Å². The molecular formula is C20H21ClN4. The van der Waals surface area contributed by atoms with E-state index in [0.717, 1.165) is 40.8 Å². The predicted molar refractivity (Wildman–Crippen MR) is 105 cm³/mol. The molecule has 3 rings (SSSR count). The fourth-order valence-corrected chi connectivity index (χ4v) is 2.67. The Labute approximate surface area is 153 Å². The molecule has 0 radical (unpaired) electrons. The molecule has 1 aromatic heterocycles. The Morgan fingerprint density at radius 3 is 2.52 bits per heavy atom. The molecule has 3 aromatic rings. The first-order chi connectivity index (χ1) is 12.1. The number of halogens is 1. The van der Waals surface area contributed by atoms with Gasteiger partial charge in [0.05, 0.1) is 0 Å². The highest BCUT2D eigenvalue weighted by Crippen LogP contribution is 2.23. The average Bonchev–Trinajstić information content (AvgIpc) is 2.59. The molecule has 5 heteroatoms. The van der Waals surface area contributed by atoms with E-state index in [4.69, 9.17) is 11.6 Å². The van der Waals surface area contributed by atoms with Crippen LogP contribution in [0.2, 0.25) is 5.02 Å². The minimum absolute atomic E-state index is 0.622. The first kappa shape index (κ1) is 17.2. The Balaban J connectivity index is 1.66. The maximum absolute atomic E-state index is 6.18. The van der Waals surface area contributed by atoms with Crippen LogP contribution in [0.5, 0.6) is 0 Å². The zero-order valence-corrected chi connectivity index (χ0v) is 15.1. The molecule has 0 bridgehead atoms. The van der Waals surface area contributed by atoms with Crippen LogP contribution >= 0.6 is 11.6 Å². The summed E-state index contributed by atoms with van der Waals surface area (Å²) in [6, 6.07) is 18.1. The lowest BCUT2D eigenvalue weighted by atomic mass is 10.1. The van der Waals surface area contributed by atoms with Crippen molar-refractivity contribution in [1.82, 2.24) is 9.97 Å². The maximum atomic E-state index is 6.18. The van der Waals surface area contributed by atoms with E-state index < -0.39 is 0 Å². The predicted octanol–water partition coefficient (Wildman–Crippen LogP) is 5.15. The minimum atomic E-state index is 0.622. The standard InChI is InChI=1S/C20H21ClN4/c1-14-8-9-17(13-18(14)21)24-19-12-15(2)23-20(25-19)22-11-10-16-6-4-3-5-7-16/h3-9,12-13H,10-11H2,1-2H3,(H2,22,23,24,25). The number of aryl methyl sites for hydroxylation is 2. The van der Waals surface area contributed by atoms with E-state index in [9.17, 15) is 0 Å². The van der Waals surface area contributed by atoms with E-state index in [1.165, 1.54) is 5.56 Å². The zero-order valence-electron chi connectivity index (χ0n) is 14.4. The van der Waals surface area contributed by atoms with E-state index in [1.54, 1.807) is 0 Å². The Bertz CT molecular complexity index is 850. The highest BCUT2D eigenvalue weighted by molar-refractivity contribution is 6.31. The summed E-state index contributed by atoms with van der Waals surface area (Å²) < 4.78 is 0. The maximum Gasteiger partial charge on any atom is 0.224 e. The molecule has 0 saturated heterocycles. The van der Waals surface area contributed by atoms with Crippen LogP contribution in [0.15, 0.2) is 54.6 Å². The number of hydrogen-bond donors (Lipinski definition) is 2. The molecule has 2 aromatic carbocycles. The quantitative estimate of drug-likeness (QED) is 0.644. The molecule has 0 spiro atoms. The Morgan fingerprint density at radius 1 is 0.960 bits per heavy atom. The highest BCUT2D eigenvalue weighted by atomic mass is 35.5. The van der Waals surface area contributed by atoms with Crippen LogP contribution < -0.4 is 10.6 Å². The second kappa shape index (κ2) is 7.99. The van der Waals surface area contributed by atoms with Crippen molar-refractivity contribution in [3.05, 3.63) is 76.4 Å². The lowest BCUT2D eigenvalue weighted by molar-refractivity contribution is 0.976.